The van der Waals surface area contributed by atoms with E-state index in [2.05, 4.69) is 18.4 Å². The molecule has 0 saturated heterocycles. The summed E-state index contributed by atoms with van der Waals surface area (Å²) in [7, 11) is 0. The Morgan fingerprint density at radius 2 is 2.04 bits per heavy atom. The molecule has 1 fully saturated rings. The topological polar surface area (TPSA) is 57.6 Å². The number of carbonyl (C=O) groups excluding carboxylic acids is 1. The van der Waals surface area contributed by atoms with Crippen molar-refractivity contribution in [2.75, 3.05) is 11.4 Å². The third kappa shape index (κ3) is 2.27. The highest BCUT2D eigenvalue weighted by Gasteiger charge is 2.49. The minimum atomic E-state index is -0.866. The molecule has 2 heterocycles. The Balaban J connectivity index is 1.59. The summed E-state index contributed by atoms with van der Waals surface area (Å²) in [6.07, 6.45) is 0.872. The van der Waals surface area contributed by atoms with E-state index in [9.17, 15) is 14.7 Å². The molecule has 1 aliphatic carbocycles. The monoisotopic (exact) mass is 327 g/mol. The van der Waals surface area contributed by atoms with Crippen LogP contribution in [0.4, 0.5) is 5.69 Å². The molecule has 0 radical (unpaired) electrons. The number of thiophene rings is 1. The van der Waals surface area contributed by atoms with Crippen LogP contribution in [0.3, 0.4) is 0 Å². The van der Waals surface area contributed by atoms with Crippen molar-refractivity contribution < 1.29 is 14.7 Å². The Bertz CT molecular complexity index is 797. The van der Waals surface area contributed by atoms with E-state index in [-0.39, 0.29) is 18.4 Å². The number of nitrogens with zero attached hydrogens (tertiary/aromatic N) is 1. The highest BCUT2D eigenvalue weighted by atomic mass is 32.1. The molecule has 1 N–H and O–H groups in total. The molecule has 0 spiro atoms. The van der Waals surface area contributed by atoms with Crippen molar-refractivity contribution >= 4 is 28.9 Å². The van der Waals surface area contributed by atoms with E-state index in [1.165, 1.54) is 10.4 Å². The fourth-order valence-corrected chi connectivity index (χ4v) is 4.66. The standard InChI is InChI=1S/C18H17NO3S/c1-10-6-7-23-16(10)12-8-13(12)17(20)19-9-14(18(21)22)11-4-2-3-5-15(11)19/h2-7,12-14H,8-9H2,1H3,(H,21,22). The molecular formula is C18H17NO3S. The Morgan fingerprint density at radius 1 is 1.26 bits per heavy atom. The van der Waals surface area contributed by atoms with Crippen LogP contribution in [0.15, 0.2) is 35.7 Å². The van der Waals surface area contributed by atoms with Crippen molar-refractivity contribution in [2.45, 2.75) is 25.2 Å². The van der Waals surface area contributed by atoms with E-state index in [1.807, 2.05) is 24.3 Å². The zero-order valence-electron chi connectivity index (χ0n) is 12.7. The first-order valence-corrected chi connectivity index (χ1v) is 8.63. The SMILES string of the molecule is Cc1ccsc1C1CC1C(=O)N1CC(C(=O)O)c2ccccc21. The van der Waals surface area contributed by atoms with Crippen LogP contribution in [-0.4, -0.2) is 23.5 Å². The van der Waals surface area contributed by atoms with Crippen molar-refractivity contribution in [1.82, 2.24) is 0 Å². The number of carboxylic acid groups (broad SMARTS) is 1. The van der Waals surface area contributed by atoms with E-state index in [0.29, 0.717) is 5.92 Å². The summed E-state index contributed by atoms with van der Waals surface area (Å²) >= 11 is 1.71. The summed E-state index contributed by atoms with van der Waals surface area (Å²) in [6.45, 7) is 2.33. The van der Waals surface area contributed by atoms with Crippen LogP contribution in [0.25, 0.3) is 0 Å². The first kappa shape index (κ1) is 14.5. The lowest BCUT2D eigenvalue weighted by Gasteiger charge is -2.17. The van der Waals surface area contributed by atoms with E-state index in [0.717, 1.165) is 17.7 Å². The quantitative estimate of drug-likeness (QED) is 0.940. The van der Waals surface area contributed by atoms with Gasteiger partial charge in [-0.25, -0.2) is 0 Å². The third-order valence-corrected chi connectivity index (χ3v) is 6.03. The Kier molecular flexibility index (Phi) is 3.27. The maximum absolute atomic E-state index is 12.9. The van der Waals surface area contributed by atoms with Gasteiger partial charge >= 0.3 is 5.97 Å². The second-order valence-corrected chi connectivity index (χ2v) is 7.26. The van der Waals surface area contributed by atoms with Crippen LogP contribution in [-0.2, 0) is 9.59 Å². The molecule has 2 aliphatic rings. The molecule has 1 aromatic carbocycles. The van der Waals surface area contributed by atoms with Crippen LogP contribution in [0.1, 0.15) is 34.3 Å². The van der Waals surface area contributed by atoms with Crippen molar-refractivity contribution in [2.24, 2.45) is 5.92 Å². The number of para-hydroxylation sites is 1. The second-order valence-electron chi connectivity index (χ2n) is 6.32. The van der Waals surface area contributed by atoms with E-state index < -0.39 is 11.9 Å². The van der Waals surface area contributed by atoms with Gasteiger partial charge in [0.1, 0.15) is 5.92 Å². The minimum absolute atomic E-state index is 0.00653. The van der Waals surface area contributed by atoms with E-state index >= 15 is 0 Å². The summed E-state index contributed by atoms with van der Waals surface area (Å²) < 4.78 is 0. The molecule has 4 rings (SSSR count). The van der Waals surface area contributed by atoms with Crippen molar-refractivity contribution in [3.8, 4) is 0 Å². The van der Waals surface area contributed by atoms with Gasteiger partial charge in [-0.3, -0.25) is 9.59 Å². The van der Waals surface area contributed by atoms with Gasteiger partial charge in [-0.2, -0.15) is 0 Å². The van der Waals surface area contributed by atoms with Crippen LogP contribution >= 0.6 is 11.3 Å². The van der Waals surface area contributed by atoms with Gasteiger partial charge in [0, 0.05) is 28.9 Å². The molecule has 5 heteroatoms. The number of fused-ring (bicyclic) bond motifs is 1. The van der Waals surface area contributed by atoms with Gasteiger partial charge in [0.25, 0.3) is 0 Å². The molecule has 4 nitrogen and oxygen atoms in total. The van der Waals surface area contributed by atoms with Crippen LogP contribution < -0.4 is 4.90 Å². The number of carbonyl (C=O) groups is 2. The van der Waals surface area contributed by atoms with E-state index in [1.54, 1.807) is 16.2 Å². The van der Waals surface area contributed by atoms with Crippen molar-refractivity contribution in [3.05, 3.63) is 51.7 Å². The maximum atomic E-state index is 12.9. The van der Waals surface area contributed by atoms with Gasteiger partial charge in [0.2, 0.25) is 5.91 Å². The minimum Gasteiger partial charge on any atom is -0.481 e. The molecule has 1 aliphatic heterocycles. The molecule has 0 bridgehead atoms. The fraction of sp³-hybridized carbons (Fsp3) is 0.333. The lowest BCUT2D eigenvalue weighted by atomic mass is 10.0. The second kappa shape index (κ2) is 5.20. The number of rotatable bonds is 3. The molecule has 3 unspecified atom stereocenters. The molecule has 23 heavy (non-hydrogen) atoms. The lowest BCUT2D eigenvalue weighted by molar-refractivity contribution is -0.138. The van der Waals surface area contributed by atoms with Gasteiger partial charge in [0.05, 0.1) is 0 Å². The van der Waals surface area contributed by atoms with Crippen LogP contribution in [0.2, 0.25) is 0 Å². The molecule has 118 valence electrons. The maximum Gasteiger partial charge on any atom is 0.312 e. The zero-order chi connectivity index (χ0) is 16.1. The number of aliphatic carboxylic acids is 1. The highest BCUT2D eigenvalue weighted by molar-refractivity contribution is 7.10. The molecular weight excluding hydrogens is 310 g/mol. The average Bonchev–Trinajstić information content (AvgIpc) is 3.04. The number of hydrogen-bond acceptors (Lipinski definition) is 3. The van der Waals surface area contributed by atoms with Crippen molar-refractivity contribution in [1.29, 1.82) is 0 Å². The molecule has 2 aromatic rings. The fourth-order valence-electron chi connectivity index (χ4n) is 3.55. The summed E-state index contributed by atoms with van der Waals surface area (Å²) in [6, 6.07) is 9.44. The van der Waals surface area contributed by atoms with E-state index in [4.69, 9.17) is 0 Å². The number of anilines is 1. The molecule has 1 aromatic heterocycles. The van der Waals surface area contributed by atoms with Gasteiger partial charge in [-0.1, -0.05) is 18.2 Å². The lowest BCUT2D eigenvalue weighted by Crippen LogP contribution is -2.32. The highest BCUT2D eigenvalue weighted by Crippen LogP contribution is 2.52. The Morgan fingerprint density at radius 3 is 2.74 bits per heavy atom. The summed E-state index contributed by atoms with van der Waals surface area (Å²) in [4.78, 5) is 27.3. The number of benzene rings is 1. The molecule has 1 saturated carbocycles. The van der Waals surface area contributed by atoms with Crippen molar-refractivity contribution in [3.63, 3.8) is 0 Å². The zero-order valence-corrected chi connectivity index (χ0v) is 13.5. The number of amides is 1. The van der Waals surface area contributed by atoms with Crippen LogP contribution in [0, 0.1) is 12.8 Å². The van der Waals surface area contributed by atoms with Gasteiger partial charge in [-0.15, -0.1) is 11.3 Å². The summed E-state index contributed by atoms with van der Waals surface area (Å²) in [5, 5.41) is 11.5. The third-order valence-electron chi connectivity index (χ3n) is 4.88. The predicted octanol–water partition coefficient (Wildman–Crippen LogP) is 3.38. The van der Waals surface area contributed by atoms with Gasteiger partial charge in [-0.05, 0) is 42.0 Å². The molecule has 1 amide bonds. The largest absolute Gasteiger partial charge is 0.481 e. The summed E-state index contributed by atoms with van der Waals surface area (Å²) in [5.41, 5.74) is 2.76. The smallest absolute Gasteiger partial charge is 0.312 e. The summed E-state index contributed by atoms with van der Waals surface area (Å²) in [5.74, 6) is -1.12. The first-order chi connectivity index (χ1) is 11.1. The van der Waals surface area contributed by atoms with Crippen LogP contribution in [0.5, 0.6) is 0 Å². The average molecular weight is 327 g/mol. The Hall–Kier alpha value is -2.14. The number of aryl methyl sites for hydroxylation is 1. The number of carboxylic acids is 1. The predicted molar refractivity (Wildman–Crippen MR) is 89.1 cm³/mol. The first-order valence-electron chi connectivity index (χ1n) is 7.75. The van der Waals surface area contributed by atoms with Gasteiger partial charge in [0.15, 0.2) is 0 Å². The molecule has 3 atom stereocenters. The Labute approximate surface area is 138 Å². The number of hydrogen-bond donors (Lipinski definition) is 1. The van der Waals surface area contributed by atoms with Gasteiger partial charge < -0.3 is 10.0 Å². The normalized spacial score (nSPS) is 25.3.